The number of thioether (sulfide) groups is 1. The second kappa shape index (κ2) is 6.95. The number of nitrogen functional groups attached to an aromatic ring is 1. The molecule has 7 heteroatoms. The second-order valence-corrected chi connectivity index (χ2v) is 5.31. The van der Waals surface area contributed by atoms with E-state index in [2.05, 4.69) is 10.2 Å². The summed E-state index contributed by atoms with van der Waals surface area (Å²) in [7, 11) is 0. The van der Waals surface area contributed by atoms with Crippen LogP contribution in [0.1, 0.15) is 12.5 Å². The van der Waals surface area contributed by atoms with Crippen LogP contribution < -0.4 is 5.84 Å². The summed E-state index contributed by atoms with van der Waals surface area (Å²) in [6, 6.07) is 9.59. The van der Waals surface area contributed by atoms with Crippen LogP contribution in [0.5, 0.6) is 0 Å². The largest absolute Gasteiger partial charge is 0.461 e. The van der Waals surface area contributed by atoms with Crippen LogP contribution in [-0.4, -0.2) is 26.6 Å². The first-order valence-corrected chi connectivity index (χ1v) is 7.14. The Morgan fingerprint density at radius 3 is 2.85 bits per heavy atom. The average molecular weight is 292 g/mol. The molecule has 0 aliphatic carbocycles. The molecule has 2 aromatic rings. The summed E-state index contributed by atoms with van der Waals surface area (Å²) in [6.07, 6.45) is 1.42. The third-order valence-corrected chi connectivity index (χ3v) is 3.85. The van der Waals surface area contributed by atoms with Gasteiger partial charge in [0.2, 0.25) is 5.16 Å². The molecule has 2 rings (SSSR count). The number of benzene rings is 1. The number of hydrogen-bond donors (Lipinski definition) is 1. The summed E-state index contributed by atoms with van der Waals surface area (Å²) in [5.74, 6) is 5.67. The van der Waals surface area contributed by atoms with Crippen molar-refractivity contribution >= 4 is 17.7 Å². The van der Waals surface area contributed by atoms with Crippen molar-refractivity contribution in [2.45, 2.75) is 18.7 Å². The van der Waals surface area contributed by atoms with Gasteiger partial charge in [0.05, 0.1) is 5.92 Å². The Hall–Kier alpha value is -2.02. The summed E-state index contributed by atoms with van der Waals surface area (Å²) < 4.78 is 6.59. The van der Waals surface area contributed by atoms with Gasteiger partial charge >= 0.3 is 5.97 Å². The van der Waals surface area contributed by atoms with E-state index < -0.39 is 0 Å². The molecule has 1 unspecified atom stereocenters. The molecule has 0 amide bonds. The average Bonchev–Trinajstić information content (AvgIpc) is 2.88. The van der Waals surface area contributed by atoms with Gasteiger partial charge in [0.25, 0.3) is 0 Å². The molecule has 0 saturated carbocycles. The lowest BCUT2D eigenvalue weighted by molar-refractivity contribution is -0.148. The zero-order valence-corrected chi connectivity index (χ0v) is 11.9. The van der Waals surface area contributed by atoms with Crippen LogP contribution in [0.15, 0.2) is 41.8 Å². The molecule has 0 radical (unpaired) electrons. The van der Waals surface area contributed by atoms with Crippen LogP contribution in [0.2, 0.25) is 0 Å². The van der Waals surface area contributed by atoms with Gasteiger partial charge < -0.3 is 10.6 Å². The van der Waals surface area contributed by atoms with Crippen molar-refractivity contribution in [3.63, 3.8) is 0 Å². The van der Waals surface area contributed by atoms with Crippen LogP contribution in [0.25, 0.3) is 0 Å². The molecule has 0 bridgehead atoms. The van der Waals surface area contributed by atoms with Crippen molar-refractivity contribution in [2.75, 3.05) is 11.6 Å². The number of nitrogens with zero attached hydrogens (tertiary/aromatic N) is 3. The molecule has 106 valence electrons. The smallest absolute Gasteiger partial charge is 0.309 e. The zero-order valence-electron chi connectivity index (χ0n) is 11.1. The van der Waals surface area contributed by atoms with E-state index in [1.54, 1.807) is 0 Å². The molecule has 1 aromatic heterocycles. The van der Waals surface area contributed by atoms with Crippen molar-refractivity contribution in [2.24, 2.45) is 5.92 Å². The molecule has 0 aliphatic rings. The molecule has 20 heavy (non-hydrogen) atoms. The first-order valence-electron chi connectivity index (χ1n) is 6.15. The maximum atomic E-state index is 11.9. The third-order valence-electron chi connectivity index (χ3n) is 2.63. The van der Waals surface area contributed by atoms with Crippen LogP contribution in [-0.2, 0) is 16.1 Å². The van der Waals surface area contributed by atoms with E-state index in [1.165, 1.54) is 22.8 Å². The van der Waals surface area contributed by atoms with E-state index in [0.717, 1.165) is 5.56 Å². The number of carbonyl (C=O) groups is 1. The lowest BCUT2D eigenvalue weighted by atomic mass is 10.2. The van der Waals surface area contributed by atoms with Crippen LogP contribution in [0.3, 0.4) is 0 Å². The van der Waals surface area contributed by atoms with Crippen molar-refractivity contribution in [1.82, 2.24) is 14.9 Å². The topological polar surface area (TPSA) is 83.0 Å². The highest BCUT2D eigenvalue weighted by molar-refractivity contribution is 7.99. The SMILES string of the molecule is CC(CSc1nncn1N)C(=O)OCc1ccccc1. The third kappa shape index (κ3) is 3.99. The molecule has 2 N–H and O–H groups in total. The molecule has 6 nitrogen and oxygen atoms in total. The number of rotatable bonds is 6. The van der Waals surface area contributed by atoms with E-state index in [1.807, 2.05) is 37.3 Å². The number of carbonyl (C=O) groups excluding carboxylic acids is 1. The van der Waals surface area contributed by atoms with Crippen molar-refractivity contribution in [1.29, 1.82) is 0 Å². The highest BCUT2D eigenvalue weighted by Gasteiger charge is 2.16. The van der Waals surface area contributed by atoms with Gasteiger partial charge in [-0.05, 0) is 5.56 Å². The molecule has 1 aromatic carbocycles. The number of hydrogen-bond acceptors (Lipinski definition) is 6. The Morgan fingerprint density at radius 1 is 1.45 bits per heavy atom. The van der Waals surface area contributed by atoms with Gasteiger partial charge in [-0.25, -0.2) is 4.68 Å². The fraction of sp³-hybridized carbons (Fsp3) is 0.308. The van der Waals surface area contributed by atoms with E-state index in [0.29, 0.717) is 17.5 Å². The Labute approximate surface area is 121 Å². The highest BCUT2D eigenvalue weighted by atomic mass is 32.2. The minimum atomic E-state index is -0.236. The number of aromatic nitrogens is 3. The molecule has 0 spiro atoms. The van der Waals surface area contributed by atoms with E-state index in [9.17, 15) is 4.79 Å². The first-order chi connectivity index (χ1) is 9.66. The Kier molecular flexibility index (Phi) is 5.00. The predicted molar refractivity (Wildman–Crippen MR) is 76.3 cm³/mol. The van der Waals surface area contributed by atoms with E-state index >= 15 is 0 Å². The Bertz CT molecular complexity index is 559. The fourth-order valence-electron chi connectivity index (χ4n) is 1.47. The standard InChI is InChI=1S/C13H16N4O2S/c1-10(8-20-13-16-15-9-17(13)14)12(18)19-7-11-5-3-2-4-6-11/h2-6,9-10H,7-8,14H2,1H3. The van der Waals surface area contributed by atoms with Gasteiger partial charge in [-0.15, -0.1) is 10.2 Å². The molecular formula is C13H16N4O2S. The maximum absolute atomic E-state index is 11.9. The maximum Gasteiger partial charge on any atom is 0.309 e. The van der Waals surface area contributed by atoms with Gasteiger partial charge in [-0.3, -0.25) is 4.79 Å². The van der Waals surface area contributed by atoms with Crippen LogP contribution in [0, 0.1) is 5.92 Å². The summed E-state index contributed by atoms with van der Waals surface area (Å²) in [4.78, 5) is 11.9. The summed E-state index contributed by atoms with van der Waals surface area (Å²) in [5, 5.41) is 8.09. The van der Waals surface area contributed by atoms with Crippen molar-refractivity contribution < 1.29 is 9.53 Å². The van der Waals surface area contributed by atoms with Crippen LogP contribution in [0.4, 0.5) is 0 Å². The normalized spacial score (nSPS) is 12.1. The van der Waals surface area contributed by atoms with E-state index in [4.69, 9.17) is 10.6 Å². The fourth-order valence-corrected chi connectivity index (χ4v) is 2.31. The minimum Gasteiger partial charge on any atom is -0.461 e. The summed E-state index contributed by atoms with van der Waals surface area (Å²) in [6.45, 7) is 2.11. The molecule has 0 aliphatic heterocycles. The van der Waals surface area contributed by atoms with Crippen molar-refractivity contribution in [3.8, 4) is 0 Å². The minimum absolute atomic E-state index is 0.232. The van der Waals surface area contributed by atoms with Crippen LogP contribution >= 0.6 is 11.8 Å². The zero-order chi connectivity index (χ0) is 14.4. The predicted octanol–water partition coefficient (Wildman–Crippen LogP) is 1.46. The highest BCUT2D eigenvalue weighted by Crippen LogP contribution is 2.17. The second-order valence-electron chi connectivity index (χ2n) is 4.33. The molecule has 1 atom stereocenters. The lowest BCUT2D eigenvalue weighted by Gasteiger charge is -2.10. The van der Waals surface area contributed by atoms with E-state index in [-0.39, 0.29) is 11.9 Å². The van der Waals surface area contributed by atoms with Crippen molar-refractivity contribution in [3.05, 3.63) is 42.2 Å². The van der Waals surface area contributed by atoms with Gasteiger partial charge in [0.15, 0.2) is 0 Å². The van der Waals surface area contributed by atoms with Gasteiger partial charge in [0.1, 0.15) is 12.9 Å². The molecule has 0 saturated heterocycles. The monoisotopic (exact) mass is 292 g/mol. The molecule has 0 fully saturated rings. The Morgan fingerprint density at radius 2 is 2.20 bits per heavy atom. The first kappa shape index (κ1) is 14.4. The molecular weight excluding hydrogens is 276 g/mol. The number of ether oxygens (including phenoxy) is 1. The van der Waals surface area contributed by atoms with Gasteiger partial charge in [-0.1, -0.05) is 49.0 Å². The van der Waals surface area contributed by atoms with Gasteiger partial charge in [-0.2, -0.15) is 0 Å². The Balaban J connectivity index is 1.76. The van der Waals surface area contributed by atoms with Gasteiger partial charge in [0, 0.05) is 5.75 Å². The lowest BCUT2D eigenvalue weighted by Crippen LogP contribution is -2.17. The number of nitrogens with two attached hydrogens (primary N) is 1. The number of esters is 1. The quantitative estimate of drug-likeness (QED) is 0.493. The molecule has 1 heterocycles. The summed E-state index contributed by atoms with van der Waals surface area (Å²) in [5.41, 5.74) is 0.974. The summed E-state index contributed by atoms with van der Waals surface area (Å²) >= 11 is 1.38.